The van der Waals surface area contributed by atoms with Gasteiger partial charge in [0.25, 0.3) is 12.1 Å². The number of nitro groups is 1. The Morgan fingerprint density at radius 1 is 1.00 bits per heavy atom. The van der Waals surface area contributed by atoms with Crippen LogP contribution < -0.4 is 21.3 Å². The number of aromatic nitrogens is 1. The van der Waals surface area contributed by atoms with Crippen molar-refractivity contribution in [3.05, 3.63) is 105 Å². The normalized spacial score (nSPS) is 14.0. The number of pyridine rings is 1. The first-order chi connectivity index (χ1) is 20.0. The minimum atomic E-state index is -0.478. The lowest BCUT2D eigenvalue weighted by atomic mass is 10.1. The van der Waals surface area contributed by atoms with Gasteiger partial charge in [0.1, 0.15) is 4.88 Å². The van der Waals surface area contributed by atoms with Crippen molar-refractivity contribution >= 4 is 45.2 Å². The lowest BCUT2D eigenvalue weighted by Crippen LogP contribution is -2.36. The second-order valence-electron chi connectivity index (χ2n) is 9.82. The average Bonchev–Trinajstić information content (AvgIpc) is 3.46. The molecule has 0 radical (unpaired) electrons. The van der Waals surface area contributed by atoms with E-state index in [0.717, 1.165) is 48.0 Å². The first-order valence-corrected chi connectivity index (χ1v) is 14.6. The van der Waals surface area contributed by atoms with E-state index in [9.17, 15) is 14.9 Å². The molecule has 0 bridgehead atoms. The molecule has 212 valence electrons. The number of rotatable bonds is 12. The molecule has 10 nitrogen and oxygen atoms in total. The van der Waals surface area contributed by atoms with Gasteiger partial charge < -0.3 is 26.2 Å². The quantitative estimate of drug-likeness (QED) is 0.126. The monoisotopic (exact) mass is 571 g/mol. The van der Waals surface area contributed by atoms with Crippen LogP contribution in [0.1, 0.15) is 34.5 Å². The lowest BCUT2D eigenvalue weighted by Gasteiger charge is -2.26. The molecule has 2 aromatic heterocycles. The molecule has 0 aliphatic carbocycles. The number of hydrogen-bond acceptors (Lipinski definition) is 9. The molecule has 1 aliphatic heterocycles. The minimum Gasteiger partial charge on any atom is -0.380 e. The third kappa shape index (κ3) is 7.80. The van der Waals surface area contributed by atoms with Crippen molar-refractivity contribution in [3.63, 3.8) is 0 Å². The highest BCUT2D eigenvalue weighted by molar-refractivity contribution is 7.12. The first kappa shape index (κ1) is 28.1. The van der Waals surface area contributed by atoms with E-state index in [-0.39, 0.29) is 5.91 Å². The largest absolute Gasteiger partial charge is 0.380 e. The van der Waals surface area contributed by atoms with Crippen LogP contribution in [0.3, 0.4) is 0 Å². The zero-order valence-electron chi connectivity index (χ0n) is 22.6. The Bertz CT molecular complexity index is 1510. The third-order valence-electron chi connectivity index (χ3n) is 6.93. The van der Waals surface area contributed by atoms with Crippen molar-refractivity contribution in [1.29, 1.82) is 0 Å². The van der Waals surface area contributed by atoms with Crippen molar-refractivity contribution in [3.8, 4) is 0 Å². The van der Waals surface area contributed by atoms with E-state index >= 15 is 0 Å². The number of anilines is 3. The maximum atomic E-state index is 13.1. The second-order valence-corrected chi connectivity index (χ2v) is 10.7. The molecule has 2 aromatic carbocycles. The number of hydrogen-bond donors (Lipinski definition) is 4. The smallest absolute Gasteiger partial charge is 0.274 e. The Hall–Kier alpha value is -4.48. The zero-order chi connectivity index (χ0) is 28.4. The molecule has 4 aromatic rings. The molecular weight excluding hydrogens is 538 g/mol. The topological polar surface area (TPSA) is 124 Å². The summed E-state index contributed by atoms with van der Waals surface area (Å²) >= 11 is 1.37. The number of carbonyl (C=O) groups is 1. The predicted molar refractivity (Wildman–Crippen MR) is 165 cm³/mol. The molecular formula is C30H33N7O3S. The summed E-state index contributed by atoms with van der Waals surface area (Å²) in [6.45, 7) is 4.14. The van der Waals surface area contributed by atoms with E-state index in [4.69, 9.17) is 0 Å². The van der Waals surface area contributed by atoms with Crippen molar-refractivity contribution < 1.29 is 9.72 Å². The van der Waals surface area contributed by atoms with Crippen molar-refractivity contribution in [2.45, 2.75) is 25.8 Å². The van der Waals surface area contributed by atoms with E-state index < -0.39 is 4.92 Å². The molecule has 1 fully saturated rings. The Kier molecular flexibility index (Phi) is 9.40. The summed E-state index contributed by atoms with van der Waals surface area (Å²) in [5.74, 6) is 0.108. The van der Waals surface area contributed by atoms with E-state index in [1.54, 1.807) is 30.5 Å². The number of thiophene rings is 1. The van der Waals surface area contributed by atoms with Crippen LogP contribution in [0.2, 0.25) is 0 Å². The predicted octanol–water partition coefficient (Wildman–Crippen LogP) is 5.72. The highest BCUT2D eigenvalue weighted by Gasteiger charge is 2.15. The Balaban J connectivity index is 1.16. The highest BCUT2D eigenvalue weighted by Crippen LogP contribution is 2.26. The number of nitrogens with zero attached hydrogens (tertiary/aromatic N) is 3. The molecule has 0 saturated carbocycles. The Labute approximate surface area is 242 Å². The van der Waals surface area contributed by atoms with Gasteiger partial charge in [0.05, 0.1) is 16.1 Å². The van der Waals surface area contributed by atoms with Crippen molar-refractivity contribution in [1.82, 2.24) is 15.2 Å². The van der Waals surface area contributed by atoms with Gasteiger partial charge in [-0.2, -0.15) is 0 Å². The number of piperidine rings is 1. The second kappa shape index (κ2) is 13.7. The molecule has 41 heavy (non-hydrogen) atoms. The molecule has 1 aliphatic rings. The maximum absolute atomic E-state index is 13.1. The Morgan fingerprint density at radius 2 is 1.76 bits per heavy atom. The molecule has 11 heteroatoms. The van der Waals surface area contributed by atoms with Crippen molar-refractivity contribution in [2.75, 3.05) is 42.1 Å². The molecule has 1 saturated heterocycles. The summed E-state index contributed by atoms with van der Waals surface area (Å²) in [5.41, 5.74) is 4.09. The number of nitrogens with one attached hydrogen (secondary N) is 4. The SMILES string of the molecule is O=C(Nc1ccc(N/C(=C/[N+](=O)[O-])NCCN2CCCCC2)cc1)c1sccc1NCc1ccnc2ccccc12. The number of likely N-dealkylation sites (tertiary alicyclic amines) is 1. The maximum Gasteiger partial charge on any atom is 0.274 e. The number of fused-ring (bicyclic) bond motifs is 1. The van der Waals surface area contributed by atoms with Gasteiger partial charge in [-0.1, -0.05) is 24.6 Å². The third-order valence-corrected chi connectivity index (χ3v) is 7.84. The lowest BCUT2D eigenvalue weighted by molar-refractivity contribution is -0.403. The van der Waals surface area contributed by atoms with Gasteiger partial charge in [-0.05, 0) is 79.3 Å². The summed E-state index contributed by atoms with van der Waals surface area (Å²) in [4.78, 5) is 31.1. The minimum absolute atomic E-state index is 0.212. The van der Waals surface area contributed by atoms with E-state index in [2.05, 4.69) is 31.2 Å². The van der Waals surface area contributed by atoms with Gasteiger partial charge in [-0.25, -0.2) is 0 Å². The standard InChI is InChI=1S/C30H33N7O3S/c38-30(29-27(13-19-41-29)33-20-22-12-14-31-26-7-3-2-6-25(22)26)35-24-10-8-23(9-11-24)34-28(21-37(39)40)32-15-18-36-16-4-1-5-17-36/h2-3,6-14,19,21,32-34H,1,4-5,15-18,20H2,(H,35,38)/b28-21+. The van der Waals surface area contributed by atoms with E-state index in [0.29, 0.717) is 35.2 Å². The van der Waals surface area contributed by atoms with E-state index in [1.807, 2.05) is 41.8 Å². The van der Waals surface area contributed by atoms with Gasteiger partial charge in [0, 0.05) is 42.6 Å². The summed E-state index contributed by atoms with van der Waals surface area (Å²) in [6, 6.07) is 18.9. The van der Waals surface area contributed by atoms with Gasteiger partial charge in [-0.3, -0.25) is 19.9 Å². The fourth-order valence-electron chi connectivity index (χ4n) is 4.86. The fourth-order valence-corrected chi connectivity index (χ4v) is 5.63. The van der Waals surface area contributed by atoms with Crippen LogP contribution in [0.15, 0.2) is 84.3 Å². The summed E-state index contributed by atoms with van der Waals surface area (Å²) in [6.07, 6.45) is 6.40. The van der Waals surface area contributed by atoms with Crippen LogP contribution in [0, 0.1) is 10.1 Å². The Morgan fingerprint density at radius 3 is 2.54 bits per heavy atom. The number of para-hydroxylation sites is 1. The van der Waals surface area contributed by atoms with Crippen LogP contribution in [0.5, 0.6) is 0 Å². The molecule has 0 spiro atoms. The van der Waals surface area contributed by atoms with Crippen LogP contribution in [0.25, 0.3) is 10.9 Å². The van der Waals surface area contributed by atoms with E-state index in [1.165, 1.54) is 30.6 Å². The first-order valence-electron chi connectivity index (χ1n) is 13.7. The molecule has 4 N–H and O–H groups in total. The number of carbonyl (C=O) groups excluding carboxylic acids is 1. The molecule has 1 amide bonds. The van der Waals surface area contributed by atoms with Crippen LogP contribution in [0.4, 0.5) is 17.1 Å². The van der Waals surface area contributed by atoms with Gasteiger partial charge in [0.2, 0.25) is 0 Å². The van der Waals surface area contributed by atoms with Gasteiger partial charge in [0.15, 0.2) is 5.82 Å². The van der Waals surface area contributed by atoms with Crippen LogP contribution in [-0.2, 0) is 6.54 Å². The van der Waals surface area contributed by atoms with Crippen LogP contribution in [-0.4, -0.2) is 46.9 Å². The summed E-state index contributed by atoms with van der Waals surface area (Å²) in [7, 11) is 0. The number of benzene rings is 2. The summed E-state index contributed by atoms with van der Waals surface area (Å²) in [5, 5.41) is 26.7. The molecule has 5 rings (SSSR count). The van der Waals surface area contributed by atoms with Gasteiger partial charge >= 0.3 is 0 Å². The summed E-state index contributed by atoms with van der Waals surface area (Å²) < 4.78 is 0. The average molecular weight is 572 g/mol. The van der Waals surface area contributed by atoms with Crippen molar-refractivity contribution in [2.24, 2.45) is 0 Å². The highest BCUT2D eigenvalue weighted by atomic mass is 32.1. The fraction of sp³-hybridized carbons (Fsp3) is 0.267. The molecule has 0 atom stereocenters. The van der Waals surface area contributed by atoms with Gasteiger partial charge in [-0.15, -0.1) is 11.3 Å². The van der Waals surface area contributed by atoms with Crippen LogP contribution >= 0.6 is 11.3 Å². The number of amides is 1. The zero-order valence-corrected chi connectivity index (χ0v) is 23.5. The molecule has 3 heterocycles. The molecule has 0 unspecified atom stereocenters.